The van der Waals surface area contributed by atoms with Crippen LogP contribution in [0.3, 0.4) is 0 Å². The molecule has 1 atom stereocenters. The summed E-state index contributed by atoms with van der Waals surface area (Å²) < 4.78 is 13.4. The van der Waals surface area contributed by atoms with Gasteiger partial charge < -0.3 is 4.90 Å². The average Bonchev–Trinajstić information content (AvgIpc) is 1.88. The van der Waals surface area contributed by atoms with Crippen molar-refractivity contribution in [2.24, 2.45) is 0 Å². The second-order valence-electron chi connectivity index (χ2n) is 3.06. The Morgan fingerprint density at radius 1 is 1.60 bits per heavy atom. The van der Waals surface area contributed by atoms with Crippen LogP contribution >= 0.6 is 0 Å². The second-order valence-corrected chi connectivity index (χ2v) is 3.06. The van der Waals surface area contributed by atoms with Crippen LogP contribution in [0, 0.1) is 0 Å². The standard InChI is InChI=1S/C7H15FN2/c1-9-7(8)4-3-5-10(2)6-7/h9H,3-6H2,1-2H3. The van der Waals surface area contributed by atoms with E-state index in [1.54, 1.807) is 7.05 Å². The van der Waals surface area contributed by atoms with E-state index in [0.717, 1.165) is 13.0 Å². The molecule has 10 heavy (non-hydrogen) atoms. The third-order valence-corrected chi connectivity index (χ3v) is 2.08. The van der Waals surface area contributed by atoms with Crippen molar-refractivity contribution in [1.82, 2.24) is 10.2 Å². The molecule has 1 unspecified atom stereocenters. The molecule has 0 spiro atoms. The quantitative estimate of drug-likeness (QED) is 0.545. The molecule has 0 aromatic rings. The Kier molecular flexibility index (Phi) is 2.26. The summed E-state index contributed by atoms with van der Waals surface area (Å²) in [5.74, 6) is -1.13. The van der Waals surface area contributed by atoms with E-state index in [9.17, 15) is 4.39 Å². The Morgan fingerprint density at radius 2 is 2.30 bits per heavy atom. The summed E-state index contributed by atoms with van der Waals surface area (Å²) in [7, 11) is 3.63. The zero-order valence-electron chi connectivity index (χ0n) is 6.65. The molecule has 3 heteroatoms. The topological polar surface area (TPSA) is 15.3 Å². The average molecular weight is 146 g/mol. The van der Waals surface area contributed by atoms with Gasteiger partial charge in [-0.05, 0) is 33.5 Å². The lowest BCUT2D eigenvalue weighted by Crippen LogP contribution is -2.51. The van der Waals surface area contributed by atoms with E-state index < -0.39 is 5.79 Å². The number of hydrogen-bond donors (Lipinski definition) is 1. The molecule has 1 aliphatic heterocycles. The number of likely N-dealkylation sites (N-methyl/N-ethyl adjacent to an activating group) is 2. The van der Waals surface area contributed by atoms with Crippen LogP contribution in [0.4, 0.5) is 4.39 Å². The number of piperidine rings is 1. The van der Waals surface area contributed by atoms with E-state index in [2.05, 4.69) is 5.32 Å². The Bertz CT molecular complexity index is 118. The van der Waals surface area contributed by atoms with Crippen LogP contribution in [0.1, 0.15) is 12.8 Å². The van der Waals surface area contributed by atoms with E-state index in [1.807, 2.05) is 11.9 Å². The first-order valence-corrected chi connectivity index (χ1v) is 3.73. The van der Waals surface area contributed by atoms with Crippen LogP contribution in [0.25, 0.3) is 0 Å². The van der Waals surface area contributed by atoms with Crippen molar-refractivity contribution in [3.63, 3.8) is 0 Å². The maximum absolute atomic E-state index is 13.4. The van der Waals surface area contributed by atoms with E-state index >= 15 is 0 Å². The predicted octanol–water partition coefficient (Wildman–Crippen LogP) is 0.597. The van der Waals surface area contributed by atoms with Gasteiger partial charge in [0, 0.05) is 6.54 Å². The van der Waals surface area contributed by atoms with Gasteiger partial charge in [0.2, 0.25) is 0 Å². The molecule has 1 fully saturated rings. The normalized spacial score (nSPS) is 36.3. The number of hydrogen-bond acceptors (Lipinski definition) is 2. The van der Waals surface area contributed by atoms with E-state index in [1.165, 1.54) is 0 Å². The minimum absolute atomic E-state index is 0.517. The van der Waals surface area contributed by atoms with Gasteiger partial charge in [0.15, 0.2) is 5.79 Å². The Morgan fingerprint density at radius 3 is 2.70 bits per heavy atom. The largest absolute Gasteiger partial charge is 0.302 e. The fourth-order valence-electron chi connectivity index (χ4n) is 1.42. The van der Waals surface area contributed by atoms with Crippen LogP contribution in [-0.2, 0) is 0 Å². The molecule has 0 bridgehead atoms. The zero-order valence-corrected chi connectivity index (χ0v) is 6.65. The summed E-state index contributed by atoms with van der Waals surface area (Å²) in [6.45, 7) is 1.54. The number of nitrogens with zero attached hydrogens (tertiary/aromatic N) is 1. The molecular formula is C7H15FN2. The monoisotopic (exact) mass is 146 g/mol. The van der Waals surface area contributed by atoms with Crippen LogP contribution < -0.4 is 5.32 Å². The Labute approximate surface area is 61.4 Å². The molecule has 0 radical (unpaired) electrons. The highest BCUT2D eigenvalue weighted by atomic mass is 19.1. The summed E-state index contributed by atoms with van der Waals surface area (Å²) in [4.78, 5) is 2.01. The fraction of sp³-hybridized carbons (Fsp3) is 1.00. The summed E-state index contributed by atoms with van der Waals surface area (Å²) in [5.41, 5.74) is 0. The van der Waals surface area contributed by atoms with Gasteiger partial charge in [-0.1, -0.05) is 0 Å². The van der Waals surface area contributed by atoms with Gasteiger partial charge in [0.05, 0.1) is 0 Å². The first kappa shape index (κ1) is 7.95. The molecular weight excluding hydrogens is 131 g/mol. The lowest BCUT2D eigenvalue weighted by atomic mass is 10.0. The van der Waals surface area contributed by atoms with E-state index in [0.29, 0.717) is 13.0 Å². The van der Waals surface area contributed by atoms with E-state index in [-0.39, 0.29) is 0 Å². The maximum Gasteiger partial charge on any atom is 0.174 e. The van der Waals surface area contributed by atoms with Gasteiger partial charge in [-0.2, -0.15) is 0 Å². The van der Waals surface area contributed by atoms with Gasteiger partial charge in [-0.15, -0.1) is 0 Å². The third-order valence-electron chi connectivity index (χ3n) is 2.08. The highest BCUT2D eigenvalue weighted by molar-refractivity contribution is 4.82. The van der Waals surface area contributed by atoms with Gasteiger partial charge in [0.1, 0.15) is 0 Å². The maximum atomic E-state index is 13.4. The molecule has 1 rings (SSSR count). The predicted molar refractivity (Wildman–Crippen MR) is 39.6 cm³/mol. The fourth-order valence-corrected chi connectivity index (χ4v) is 1.42. The molecule has 1 aliphatic rings. The smallest absolute Gasteiger partial charge is 0.174 e. The SMILES string of the molecule is CNC1(F)CCCN(C)C1. The van der Waals surface area contributed by atoms with Crippen molar-refractivity contribution in [2.75, 3.05) is 27.2 Å². The molecule has 0 aromatic carbocycles. The molecule has 1 heterocycles. The van der Waals surface area contributed by atoms with Crippen molar-refractivity contribution in [3.8, 4) is 0 Å². The van der Waals surface area contributed by atoms with Crippen molar-refractivity contribution in [2.45, 2.75) is 18.6 Å². The first-order valence-electron chi connectivity index (χ1n) is 3.73. The van der Waals surface area contributed by atoms with Crippen LogP contribution in [0.15, 0.2) is 0 Å². The minimum Gasteiger partial charge on any atom is -0.302 e. The highest BCUT2D eigenvalue weighted by Crippen LogP contribution is 2.20. The number of nitrogens with one attached hydrogen (secondary N) is 1. The number of rotatable bonds is 1. The van der Waals surface area contributed by atoms with Crippen LogP contribution in [-0.4, -0.2) is 37.9 Å². The molecule has 1 N–H and O–H groups in total. The molecule has 1 saturated heterocycles. The van der Waals surface area contributed by atoms with E-state index in [4.69, 9.17) is 0 Å². The molecule has 0 saturated carbocycles. The molecule has 2 nitrogen and oxygen atoms in total. The second kappa shape index (κ2) is 2.84. The summed E-state index contributed by atoms with van der Waals surface area (Å²) in [5, 5.41) is 2.70. The third kappa shape index (κ3) is 1.67. The van der Waals surface area contributed by atoms with Crippen molar-refractivity contribution in [3.05, 3.63) is 0 Å². The van der Waals surface area contributed by atoms with Gasteiger partial charge >= 0.3 is 0 Å². The van der Waals surface area contributed by atoms with Crippen molar-refractivity contribution < 1.29 is 4.39 Å². The number of likely N-dealkylation sites (tertiary alicyclic amines) is 1. The number of halogens is 1. The molecule has 0 aliphatic carbocycles. The lowest BCUT2D eigenvalue weighted by molar-refractivity contribution is 0.0349. The van der Waals surface area contributed by atoms with Gasteiger partial charge in [-0.3, -0.25) is 5.32 Å². The van der Waals surface area contributed by atoms with Crippen molar-refractivity contribution >= 4 is 0 Å². The molecule has 0 amide bonds. The number of alkyl halides is 1. The summed E-state index contributed by atoms with van der Waals surface area (Å²) in [6, 6.07) is 0. The van der Waals surface area contributed by atoms with Crippen LogP contribution in [0.5, 0.6) is 0 Å². The Balaban J connectivity index is 2.45. The summed E-state index contributed by atoms with van der Waals surface area (Å²) in [6.07, 6.45) is 1.60. The molecule has 60 valence electrons. The van der Waals surface area contributed by atoms with Crippen molar-refractivity contribution in [1.29, 1.82) is 0 Å². The van der Waals surface area contributed by atoms with Crippen LogP contribution in [0.2, 0.25) is 0 Å². The minimum atomic E-state index is -1.13. The van der Waals surface area contributed by atoms with Gasteiger partial charge in [-0.25, -0.2) is 4.39 Å². The first-order chi connectivity index (χ1) is 4.66. The molecule has 0 aromatic heterocycles. The van der Waals surface area contributed by atoms with Gasteiger partial charge in [0.25, 0.3) is 0 Å². The Hall–Kier alpha value is -0.150. The summed E-state index contributed by atoms with van der Waals surface area (Å²) >= 11 is 0. The lowest BCUT2D eigenvalue weighted by Gasteiger charge is -2.34. The zero-order chi connectivity index (χ0) is 7.61. The highest BCUT2D eigenvalue weighted by Gasteiger charge is 2.31.